The number of benzene rings is 2. The van der Waals surface area contributed by atoms with Crippen LogP contribution in [0.4, 0.5) is 0 Å². The Hall–Kier alpha value is -3.33. The predicted octanol–water partition coefficient (Wildman–Crippen LogP) is 3.20. The van der Waals surface area contributed by atoms with Crippen molar-refractivity contribution in [2.75, 3.05) is 7.11 Å². The summed E-state index contributed by atoms with van der Waals surface area (Å²) in [6.07, 6.45) is 0. The Morgan fingerprint density at radius 2 is 1.74 bits per heavy atom. The fourth-order valence-corrected chi connectivity index (χ4v) is 1.94. The number of nitriles is 1. The Balaban J connectivity index is 1.65. The third kappa shape index (κ3) is 3.47. The van der Waals surface area contributed by atoms with E-state index in [9.17, 15) is 0 Å². The lowest BCUT2D eigenvalue weighted by Crippen LogP contribution is -1.97. The van der Waals surface area contributed by atoms with Gasteiger partial charge in [0, 0.05) is 5.56 Å². The minimum absolute atomic E-state index is 0.186. The van der Waals surface area contributed by atoms with Crippen molar-refractivity contribution in [2.24, 2.45) is 0 Å². The van der Waals surface area contributed by atoms with E-state index in [4.69, 9.17) is 19.3 Å². The van der Waals surface area contributed by atoms with E-state index in [1.165, 1.54) is 0 Å². The van der Waals surface area contributed by atoms with E-state index >= 15 is 0 Å². The molecule has 6 nitrogen and oxygen atoms in total. The molecule has 0 bridgehead atoms. The van der Waals surface area contributed by atoms with E-state index in [2.05, 4.69) is 16.2 Å². The Bertz CT molecular complexity index is 818. The summed E-state index contributed by atoms with van der Waals surface area (Å²) in [6, 6.07) is 16.2. The van der Waals surface area contributed by atoms with Crippen LogP contribution in [0.1, 0.15) is 11.4 Å². The molecule has 0 unspecified atom stereocenters. The van der Waals surface area contributed by atoms with E-state index in [-0.39, 0.29) is 6.61 Å². The van der Waals surface area contributed by atoms with E-state index in [1.807, 2.05) is 24.3 Å². The number of nitrogens with zero attached hydrogens (tertiary/aromatic N) is 3. The molecule has 0 radical (unpaired) electrons. The van der Waals surface area contributed by atoms with Crippen LogP contribution in [-0.4, -0.2) is 17.3 Å². The second-order valence-electron chi connectivity index (χ2n) is 4.67. The lowest BCUT2D eigenvalue weighted by atomic mass is 10.2. The molecule has 0 aliphatic heterocycles. The molecule has 0 aliphatic rings. The third-order valence-electron chi connectivity index (χ3n) is 3.16. The normalized spacial score (nSPS) is 10.1. The number of aromatic nitrogens is 2. The van der Waals surface area contributed by atoms with Gasteiger partial charge in [-0.1, -0.05) is 5.16 Å². The summed E-state index contributed by atoms with van der Waals surface area (Å²) in [7, 11) is 1.61. The van der Waals surface area contributed by atoms with Gasteiger partial charge >= 0.3 is 0 Å². The molecule has 0 atom stereocenters. The number of rotatable bonds is 5. The second-order valence-corrected chi connectivity index (χ2v) is 4.67. The largest absolute Gasteiger partial charge is 0.497 e. The highest BCUT2D eigenvalue weighted by Gasteiger charge is 2.09. The molecule has 0 N–H and O–H groups in total. The van der Waals surface area contributed by atoms with Crippen LogP contribution in [0.15, 0.2) is 53.1 Å². The maximum absolute atomic E-state index is 8.75. The molecule has 23 heavy (non-hydrogen) atoms. The van der Waals surface area contributed by atoms with Gasteiger partial charge in [-0.05, 0) is 48.5 Å². The molecule has 1 heterocycles. The van der Waals surface area contributed by atoms with Gasteiger partial charge in [-0.15, -0.1) is 0 Å². The van der Waals surface area contributed by atoms with Gasteiger partial charge in [-0.25, -0.2) is 0 Å². The number of ether oxygens (including phenoxy) is 2. The molecule has 1 aromatic heterocycles. The highest BCUT2D eigenvalue weighted by atomic mass is 16.5. The van der Waals surface area contributed by atoms with Crippen molar-refractivity contribution in [2.45, 2.75) is 6.61 Å². The highest BCUT2D eigenvalue weighted by Crippen LogP contribution is 2.21. The lowest BCUT2D eigenvalue weighted by Gasteiger charge is -2.02. The molecule has 0 spiro atoms. The van der Waals surface area contributed by atoms with E-state index < -0.39 is 0 Å². The van der Waals surface area contributed by atoms with Gasteiger partial charge in [0.15, 0.2) is 6.61 Å². The molecule has 0 saturated carbocycles. The van der Waals surface area contributed by atoms with Crippen molar-refractivity contribution in [3.63, 3.8) is 0 Å². The summed E-state index contributed by atoms with van der Waals surface area (Å²) in [4.78, 5) is 4.29. The van der Waals surface area contributed by atoms with Crippen molar-refractivity contribution >= 4 is 0 Å². The van der Waals surface area contributed by atoms with E-state index in [1.54, 1.807) is 31.4 Å². The average molecular weight is 307 g/mol. The minimum Gasteiger partial charge on any atom is -0.497 e. The number of hydrogen-bond acceptors (Lipinski definition) is 6. The van der Waals surface area contributed by atoms with E-state index in [0.29, 0.717) is 23.0 Å². The quantitative estimate of drug-likeness (QED) is 0.720. The summed E-state index contributed by atoms with van der Waals surface area (Å²) in [5.41, 5.74) is 1.39. The standard InChI is InChI=1S/C17H13N3O3/c1-21-14-8-4-13(5-9-14)17-19-16(20-23-17)11-22-15-6-2-12(10-18)3-7-15/h2-9H,11H2,1H3. The first kappa shape index (κ1) is 14.6. The second kappa shape index (κ2) is 6.62. The van der Waals surface area contributed by atoms with Crippen molar-refractivity contribution in [1.82, 2.24) is 10.1 Å². The molecule has 0 saturated heterocycles. The minimum atomic E-state index is 0.186. The molecule has 6 heteroatoms. The molecular formula is C17H13N3O3. The van der Waals surface area contributed by atoms with Crippen molar-refractivity contribution in [1.29, 1.82) is 5.26 Å². The molecule has 2 aromatic carbocycles. The smallest absolute Gasteiger partial charge is 0.258 e. The first-order valence-electron chi connectivity index (χ1n) is 6.88. The van der Waals surface area contributed by atoms with Gasteiger partial charge in [-0.3, -0.25) is 0 Å². The van der Waals surface area contributed by atoms with Crippen LogP contribution < -0.4 is 9.47 Å². The van der Waals surface area contributed by atoms with Gasteiger partial charge in [0.1, 0.15) is 11.5 Å². The van der Waals surface area contributed by atoms with Crippen LogP contribution in [0.2, 0.25) is 0 Å². The topological polar surface area (TPSA) is 81.2 Å². The average Bonchev–Trinajstić information content (AvgIpc) is 3.09. The molecule has 3 aromatic rings. The van der Waals surface area contributed by atoms with Gasteiger partial charge < -0.3 is 14.0 Å². The fraction of sp³-hybridized carbons (Fsp3) is 0.118. The summed E-state index contributed by atoms with van der Waals surface area (Å²) in [6.45, 7) is 0.186. The first-order chi connectivity index (χ1) is 11.3. The predicted molar refractivity (Wildman–Crippen MR) is 81.8 cm³/mol. The molecular weight excluding hydrogens is 294 g/mol. The summed E-state index contributed by atoms with van der Waals surface area (Å²) in [5, 5.41) is 12.6. The van der Waals surface area contributed by atoms with E-state index in [0.717, 1.165) is 11.3 Å². The Morgan fingerprint density at radius 3 is 2.39 bits per heavy atom. The maximum Gasteiger partial charge on any atom is 0.258 e. The van der Waals surface area contributed by atoms with Crippen LogP contribution in [0, 0.1) is 11.3 Å². The van der Waals surface area contributed by atoms with Crippen LogP contribution in [0.25, 0.3) is 11.5 Å². The van der Waals surface area contributed by atoms with Crippen molar-refractivity contribution < 1.29 is 14.0 Å². The SMILES string of the molecule is COc1ccc(-c2nc(COc3ccc(C#N)cc3)no2)cc1. The number of methoxy groups -OCH3 is 1. The third-order valence-corrected chi connectivity index (χ3v) is 3.16. The molecule has 3 rings (SSSR count). The Kier molecular flexibility index (Phi) is 4.20. The van der Waals surface area contributed by atoms with Crippen LogP contribution in [-0.2, 0) is 6.61 Å². The monoisotopic (exact) mass is 307 g/mol. The van der Waals surface area contributed by atoms with Crippen molar-refractivity contribution in [3.05, 3.63) is 59.9 Å². The number of hydrogen-bond donors (Lipinski definition) is 0. The molecule has 0 amide bonds. The first-order valence-corrected chi connectivity index (χ1v) is 6.88. The molecule has 0 fully saturated rings. The maximum atomic E-state index is 8.75. The molecule has 0 aliphatic carbocycles. The Labute approximate surface area is 132 Å². The zero-order valence-electron chi connectivity index (χ0n) is 12.4. The molecule has 114 valence electrons. The summed E-state index contributed by atoms with van der Waals surface area (Å²) in [5.74, 6) is 2.27. The van der Waals surface area contributed by atoms with Gasteiger partial charge in [0.25, 0.3) is 5.89 Å². The summed E-state index contributed by atoms with van der Waals surface area (Å²) >= 11 is 0. The highest BCUT2D eigenvalue weighted by molar-refractivity contribution is 5.54. The zero-order valence-corrected chi connectivity index (χ0v) is 12.4. The van der Waals surface area contributed by atoms with Gasteiger partial charge in [0.05, 0.1) is 18.7 Å². The van der Waals surface area contributed by atoms with Gasteiger partial charge in [0.2, 0.25) is 5.82 Å². The van der Waals surface area contributed by atoms with Crippen LogP contribution >= 0.6 is 0 Å². The van der Waals surface area contributed by atoms with Gasteiger partial charge in [-0.2, -0.15) is 10.2 Å². The lowest BCUT2D eigenvalue weighted by molar-refractivity contribution is 0.287. The summed E-state index contributed by atoms with van der Waals surface area (Å²) < 4.78 is 15.9. The van der Waals surface area contributed by atoms with Crippen LogP contribution in [0.5, 0.6) is 11.5 Å². The fourth-order valence-electron chi connectivity index (χ4n) is 1.94. The Morgan fingerprint density at radius 1 is 1.04 bits per heavy atom. The zero-order chi connectivity index (χ0) is 16.1. The van der Waals surface area contributed by atoms with Crippen LogP contribution in [0.3, 0.4) is 0 Å². The van der Waals surface area contributed by atoms with Crippen molar-refractivity contribution in [3.8, 4) is 29.0 Å².